The summed E-state index contributed by atoms with van der Waals surface area (Å²) >= 11 is 5.86. The lowest BCUT2D eigenvalue weighted by atomic mass is 10.2. The van der Waals surface area contributed by atoms with Crippen molar-refractivity contribution in [2.75, 3.05) is 0 Å². The molecule has 4 nitrogen and oxygen atoms in total. The van der Waals surface area contributed by atoms with Crippen LogP contribution in [0.25, 0.3) is 16.9 Å². The fourth-order valence-corrected chi connectivity index (χ4v) is 1.82. The lowest BCUT2D eigenvalue weighted by Crippen LogP contribution is -1.93. The zero-order valence-corrected chi connectivity index (χ0v) is 9.46. The number of halogens is 1. The highest BCUT2D eigenvalue weighted by molar-refractivity contribution is 6.29. The minimum absolute atomic E-state index is 0.230. The van der Waals surface area contributed by atoms with Crippen LogP contribution in [-0.4, -0.2) is 19.7 Å². The van der Waals surface area contributed by atoms with Gasteiger partial charge in [0, 0.05) is 5.56 Å². The van der Waals surface area contributed by atoms with Gasteiger partial charge in [-0.3, -0.25) is 0 Å². The number of phenolic OH excluding ortho intramolecular Hbond substituents is 1. The Morgan fingerprint density at radius 1 is 1.06 bits per heavy atom. The molecule has 0 radical (unpaired) electrons. The van der Waals surface area contributed by atoms with Crippen LogP contribution < -0.4 is 0 Å². The Morgan fingerprint density at radius 2 is 1.82 bits per heavy atom. The smallest absolute Gasteiger partial charge is 0.154 e. The number of aromatic hydroxyl groups is 1. The SMILES string of the molecule is Oc1ccc(-c2cnc3ccc(Cl)nn23)cc1. The van der Waals surface area contributed by atoms with E-state index in [0.29, 0.717) is 5.15 Å². The third-order valence-electron chi connectivity index (χ3n) is 2.49. The van der Waals surface area contributed by atoms with Crippen molar-refractivity contribution in [2.24, 2.45) is 0 Å². The summed E-state index contributed by atoms with van der Waals surface area (Å²) in [4.78, 5) is 4.24. The number of rotatable bonds is 1. The average Bonchev–Trinajstić information content (AvgIpc) is 2.73. The molecule has 0 fully saturated rings. The molecule has 2 heterocycles. The molecule has 3 rings (SSSR count). The first-order valence-corrected chi connectivity index (χ1v) is 5.41. The molecule has 0 aliphatic heterocycles. The number of imidazole rings is 1. The van der Waals surface area contributed by atoms with Crippen molar-refractivity contribution in [1.29, 1.82) is 0 Å². The predicted octanol–water partition coefficient (Wildman–Crippen LogP) is 2.76. The molecular formula is C12H8ClN3O. The monoisotopic (exact) mass is 245 g/mol. The number of nitrogens with zero attached hydrogens (tertiary/aromatic N) is 3. The lowest BCUT2D eigenvalue weighted by molar-refractivity contribution is 0.475. The molecule has 17 heavy (non-hydrogen) atoms. The summed E-state index contributed by atoms with van der Waals surface area (Å²) in [5.41, 5.74) is 2.49. The van der Waals surface area contributed by atoms with Crippen LogP contribution in [0, 0.1) is 0 Å². The number of phenols is 1. The van der Waals surface area contributed by atoms with E-state index in [1.54, 1.807) is 47.1 Å². The van der Waals surface area contributed by atoms with Crippen molar-refractivity contribution < 1.29 is 5.11 Å². The van der Waals surface area contributed by atoms with E-state index in [9.17, 15) is 5.11 Å². The van der Waals surface area contributed by atoms with E-state index >= 15 is 0 Å². The van der Waals surface area contributed by atoms with Gasteiger partial charge < -0.3 is 5.11 Å². The summed E-state index contributed by atoms with van der Waals surface area (Å²) < 4.78 is 1.68. The van der Waals surface area contributed by atoms with Gasteiger partial charge in [-0.2, -0.15) is 5.10 Å². The molecule has 0 spiro atoms. The van der Waals surface area contributed by atoms with Gasteiger partial charge in [0.1, 0.15) is 10.9 Å². The van der Waals surface area contributed by atoms with Crippen LogP contribution in [0.1, 0.15) is 0 Å². The molecule has 0 aliphatic carbocycles. The van der Waals surface area contributed by atoms with Gasteiger partial charge >= 0.3 is 0 Å². The Bertz CT molecular complexity index is 676. The zero-order valence-electron chi connectivity index (χ0n) is 8.71. The van der Waals surface area contributed by atoms with Gasteiger partial charge in [0.05, 0.1) is 11.9 Å². The molecule has 0 amide bonds. The van der Waals surface area contributed by atoms with Crippen molar-refractivity contribution in [1.82, 2.24) is 14.6 Å². The van der Waals surface area contributed by atoms with Crippen LogP contribution in [0.3, 0.4) is 0 Å². The second kappa shape index (κ2) is 3.75. The van der Waals surface area contributed by atoms with Crippen LogP contribution in [0.4, 0.5) is 0 Å². The molecule has 0 unspecified atom stereocenters. The first-order chi connectivity index (χ1) is 8.24. The van der Waals surface area contributed by atoms with Crippen LogP contribution in [0.2, 0.25) is 5.15 Å². The molecular weight excluding hydrogens is 238 g/mol. The van der Waals surface area contributed by atoms with Gasteiger partial charge in [-0.15, -0.1) is 0 Å². The second-order valence-electron chi connectivity index (χ2n) is 3.62. The lowest BCUT2D eigenvalue weighted by Gasteiger charge is -2.01. The summed E-state index contributed by atoms with van der Waals surface area (Å²) in [6, 6.07) is 10.4. The molecule has 0 atom stereocenters. The van der Waals surface area contributed by atoms with Crippen LogP contribution >= 0.6 is 11.6 Å². The van der Waals surface area contributed by atoms with Crippen LogP contribution in [0.5, 0.6) is 5.75 Å². The van der Waals surface area contributed by atoms with Gasteiger partial charge in [0.15, 0.2) is 5.65 Å². The van der Waals surface area contributed by atoms with E-state index in [-0.39, 0.29) is 5.75 Å². The molecule has 0 saturated carbocycles. The topological polar surface area (TPSA) is 50.4 Å². The Balaban J connectivity index is 2.23. The second-order valence-corrected chi connectivity index (χ2v) is 4.00. The minimum Gasteiger partial charge on any atom is -0.508 e. The highest BCUT2D eigenvalue weighted by Crippen LogP contribution is 2.22. The number of hydrogen-bond donors (Lipinski definition) is 1. The first-order valence-electron chi connectivity index (χ1n) is 5.04. The summed E-state index contributed by atoms with van der Waals surface area (Å²) in [6.45, 7) is 0. The highest BCUT2D eigenvalue weighted by Gasteiger charge is 2.07. The van der Waals surface area contributed by atoms with E-state index in [0.717, 1.165) is 16.9 Å². The molecule has 5 heteroatoms. The highest BCUT2D eigenvalue weighted by atomic mass is 35.5. The maximum Gasteiger partial charge on any atom is 0.154 e. The quantitative estimate of drug-likeness (QED) is 0.717. The third-order valence-corrected chi connectivity index (χ3v) is 2.69. The first kappa shape index (κ1) is 10.1. The van der Waals surface area contributed by atoms with Crippen molar-refractivity contribution in [3.05, 3.63) is 47.7 Å². The number of hydrogen-bond acceptors (Lipinski definition) is 3. The summed E-state index contributed by atoms with van der Waals surface area (Å²) in [5, 5.41) is 13.9. The summed E-state index contributed by atoms with van der Waals surface area (Å²) in [6.07, 6.45) is 1.73. The maximum atomic E-state index is 9.25. The third kappa shape index (κ3) is 1.72. The van der Waals surface area contributed by atoms with Gasteiger partial charge in [0.2, 0.25) is 0 Å². The van der Waals surface area contributed by atoms with Gasteiger partial charge in [-0.05, 0) is 36.4 Å². The van der Waals surface area contributed by atoms with Gasteiger partial charge in [-0.1, -0.05) is 11.6 Å². The summed E-state index contributed by atoms with van der Waals surface area (Å²) in [5.74, 6) is 0.230. The Labute approximate surface area is 102 Å². The van der Waals surface area contributed by atoms with Gasteiger partial charge in [-0.25, -0.2) is 9.50 Å². The standard InChI is InChI=1S/C12H8ClN3O/c13-11-5-6-12-14-7-10(16(12)15-11)8-1-3-9(17)4-2-8/h1-7,17H. The molecule has 3 aromatic rings. The predicted molar refractivity (Wildman–Crippen MR) is 65.1 cm³/mol. The van der Waals surface area contributed by atoms with E-state index in [2.05, 4.69) is 10.1 Å². The van der Waals surface area contributed by atoms with Crippen LogP contribution in [0.15, 0.2) is 42.6 Å². The Hall–Kier alpha value is -2.07. The average molecular weight is 246 g/mol. The number of fused-ring (bicyclic) bond motifs is 1. The fraction of sp³-hybridized carbons (Fsp3) is 0. The molecule has 1 aromatic carbocycles. The molecule has 1 N–H and O–H groups in total. The van der Waals surface area contributed by atoms with E-state index in [1.165, 1.54) is 0 Å². The van der Waals surface area contributed by atoms with E-state index in [1.807, 2.05) is 0 Å². The van der Waals surface area contributed by atoms with Gasteiger partial charge in [0.25, 0.3) is 0 Å². The summed E-state index contributed by atoms with van der Waals surface area (Å²) in [7, 11) is 0. The molecule has 0 aliphatic rings. The normalized spacial score (nSPS) is 10.9. The molecule has 0 bridgehead atoms. The maximum absolute atomic E-state index is 9.25. The van der Waals surface area contributed by atoms with E-state index in [4.69, 9.17) is 11.6 Å². The Kier molecular flexibility index (Phi) is 2.23. The van der Waals surface area contributed by atoms with Crippen LogP contribution in [-0.2, 0) is 0 Å². The molecule has 84 valence electrons. The van der Waals surface area contributed by atoms with Crippen molar-refractivity contribution >= 4 is 17.2 Å². The Morgan fingerprint density at radius 3 is 2.59 bits per heavy atom. The number of benzene rings is 1. The van der Waals surface area contributed by atoms with E-state index < -0.39 is 0 Å². The molecule has 0 saturated heterocycles. The van der Waals surface area contributed by atoms with Crippen molar-refractivity contribution in [3.8, 4) is 17.0 Å². The largest absolute Gasteiger partial charge is 0.508 e. The zero-order chi connectivity index (χ0) is 11.8. The fourth-order valence-electron chi connectivity index (χ4n) is 1.68. The number of aromatic nitrogens is 3. The van der Waals surface area contributed by atoms with Crippen molar-refractivity contribution in [3.63, 3.8) is 0 Å². The molecule has 2 aromatic heterocycles. The minimum atomic E-state index is 0.230. The van der Waals surface area contributed by atoms with Crippen molar-refractivity contribution in [2.45, 2.75) is 0 Å².